The van der Waals surface area contributed by atoms with E-state index in [0.29, 0.717) is 28.4 Å². The Hall–Kier alpha value is -2.03. The standard InChI is InChI=1S/C16H18N4O4S3/c1-11-16(12(2)20(18-11)14-7-8-26(21,22)9-14)27(23,24)19-13-3-5-15(6-4-13)25-10-17/h3-6,14,19H,7-9H2,1-2H3. The van der Waals surface area contributed by atoms with Crippen LogP contribution in [-0.2, 0) is 19.9 Å². The number of thioether (sulfide) groups is 1. The normalized spacial score (nSPS) is 18.9. The number of sulfonamides is 1. The van der Waals surface area contributed by atoms with Crippen LogP contribution in [0.25, 0.3) is 0 Å². The quantitative estimate of drug-likeness (QED) is 0.574. The molecule has 1 aliphatic rings. The molecule has 8 nitrogen and oxygen atoms in total. The zero-order chi connectivity index (χ0) is 19.8. The number of nitrogens with zero attached hydrogens (tertiary/aromatic N) is 3. The summed E-state index contributed by atoms with van der Waals surface area (Å²) in [6.45, 7) is 3.22. The van der Waals surface area contributed by atoms with Crippen LogP contribution in [0.2, 0.25) is 0 Å². The Balaban J connectivity index is 1.90. The predicted molar refractivity (Wildman–Crippen MR) is 103 cm³/mol. The number of aromatic nitrogens is 2. The topological polar surface area (TPSA) is 122 Å². The van der Waals surface area contributed by atoms with Gasteiger partial charge < -0.3 is 0 Å². The number of nitrogens with one attached hydrogen (secondary N) is 1. The molecule has 2 heterocycles. The number of thiocyanates is 1. The van der Waals surface area contributed by atoms with Gasteiger partial charge in [-0.3, -0.25) is 9.40 Å². The van der Waals surface area contributed by atoms with Crippen LogP contribution in [0.4, 0.5) is 5.69 Å². The van der Waals surface area contributed by atoms with E-state index < -0.39 is 19.9 Å². The second-order valence-corrected chi connectivity index (χ2v) is 11.0. The molecule has 1 atom stereocenters. The lowest BCUT2D eigenvalue weighted by Gasteiger charge is -2.12. The minimum absolute atomic E-state index is 0.0279. The predicted octanol–water partition coefficient (Wildman–Crippen LogP) is 2.23. The van der Waals surface area contributed by atoms with Crippen molar-refractivity contribution in [1.82, 2.24) is 9.78 Å². The molecule has 1 aromatic heterocycles. The molecule has 0 bridgehead atoms. The van der Waals surface area contributed by atoms with Crippen LogP contribution in [0.5, 0.6) is 0 Å². The molecule has 1 aromatic carbocycles. The van der Waals surface area contributed by atoms with Gasteiger partial charge in [0.15, 0.2) is 9.84 Å². The molecule has 0 aliphatic carbocycles. The van der Waals surface area contributed by atoms with Gasteiger partial charge in [0, 0.05) is 10.6 Å². The van der Waals surface area contributed by atoms with Crippen LogP contribution >= 0.6 is 11.8 Å². The van der Waals surface area contributed by atoms with E-state index in [2.05, 4.69) is 9.82 Å². The van der Waals surface area contributed by atoms with E-state index in [1.54, 1.807) is 38.1 Å². The van der Waals surface area contributed by atoms with E-state index >= 15 is 0 Å². The highest BCUT2D eigenvalue weighted by atomic mass is 32.2. The minimum Gasteiger partial charge on any atom is -0.280 e. The van der Waals surface area contributed by atoms with E-state index in [0.717, 1.165) is 11.8 Å². The van der Waals surface area contributed by atoms with Gasteiger partial charge in [-0.05, 0) is 56.3 Å². The van der Waals surface area contributed by atoms with Crippen LogP contribution in [-0.4, -0.2) is 38.1 Å². The second kappa shape index (κ2) is 7.18. The highest BCUT2D eigenvalue weighted by molar-refractivity contribution is 8.03. The maximum atomic E-state index is 12.9. The summed E-state index contributed by atoms with van der Waals surface area (Å²) in [7, 11) is -7.00. The largest absolute Gasteiger partial charge is 0.280 e. The molecule has 0 saturated carbocycles. The maximum absolute atomic E-state index is 12.9. The smallest absolute Gasteiger partial charge is 0.265 e. The monoisotopic (exact) mass is 426 g/mol. The van der Waals surface area contributed by atoms with Gasteiger partial charge in [-0.15, -0.1) is 0 Å². The zero-order valence-corrected chi connectivity index (χ0v) is 17.2. The highest BCUT2D eigenvalue weighted by Crippen LogP contribution is 2.30. The molecule has 1 aliphatic heterocycles. The second-order valence-electron chi connectivity index (χ2n) is 6.32. The average Bonchev–Trinajstić information content (AvgIpc) is 3.08. The van der Waals surface area contributed by atoms with Gasteiger partial charge >= 0.3 is 0 Å². The lowest BCUT2D eigenvalue weighted by molar-refractivity contribution is 0.484. The van der Waals surface area contributed by atoms with E-state index in [-0.39, 0.29) is 22.4 Å². The lowest BCUT2D eigenvalue weighted by atomic mass is 10.2. The van der Waals surface area contributed by atoms with E-state index in [9.17, 15) is 16.8 Å². The number of nitriles is 1. The number of benzene rings is 1. The fourth-order valence-electron chi connectivity index (χ4n) is 3.21. The third kappa shape index (κ3) is 4.12. The number of rotatable bonds is 5. The third-order valence-electron chi connectivity index (χ3n) is 4.35. The summed E-state index contributed by atoms with van der Waals surface area (Å²) in [5.41, 5.74) is 1.10. The van der Waals surface area contributed by atoms with Crippen molar-refractivity contribution in [1.29, 1.82) is 5.26 Å². The summed E-state index contributed by atoms with van der Waals surface area (Å²) < 4.78 is 53.2. The summed E-state index contributed by atoms with van der Waals surface area (Å²) in [5, 5.41) is 14.9. The first-order chi connectivity index (χ1) is 12.6. The lowest BCUT2D eigenvalue weighted by Crippen LogP contribution is -2.17. The summed E-state index contributed by atoms with van der Waals surface area (Å²) in [4.78, 5) is 0.769. The molecule has 3 rings (SSSR count). The summed E-state index contributed by atoms with van der Waals surface area (Å²) in [6, 6.07) is 6.11. The van der Waals surface area contributed by atoms with Crippen LogP contribution in [0.1, 0.15) is 23.9 Å². The van der Waals surface area contributed by atoms with Gasteiger partial charge in [0.2, 0.25) is 0 Å². The van der Waals surface area contributed by atoms with Gasteiger partial charge in [0.05, 0.1) is 28.9 Å². The maximum Gasteiger partial charge on any atom is 0.265 e. The zero-order valence-electron chi connectivity index (χ0n) is 14.7. The van der Waals surface area contributed by atoms with Crippen molar-refractivity contribution in [2.45, 2.75) is 36.1 Å². The van der Waals surface area contributed by atoms with Crippen LogP contribution in [0.15, 0.2) is 34.1 Å². The molecule has 11 heteroatoms. The Morgan fingerprint density at radius 3 is 2.52 bits per heavy atom. The van der Waals surface area contributed by atoms with E-state index in [1.807, 2.05) is 5.40 Å². The van der Waals surface area contributed by atoms with Crippen molar-refractivity contribution >= 4 is 37.3 Å². The molecule has 1 unspecified atom stereocenters. The van der Waals surface area contributed by atoms with E-state index in [4.69, 9.17) is 5.26 Å². The van der Waals surface area contributed by atoms with Crippen molar-refractivity contribution in [3.05, 3.63) is 35.7 Å². The highest BCUT2D eigenvalue weighted by Gasteiger charge is 2.33. The molecule has 1 N–H and O–H groups in total. The van der Waals surface area contributed by atoms with Crippen LogP contribution in [0.3, 0.4) is 0 Å². The Labute approximate surface area is 162 Å². The van der Waals surface area contributed by atoms with Crippen molar-refractivity contribution in [2.24, 2.45) is 0 Å². The first-order valence-electron chi connectivity index (χ1n) is 8.08. The van der Waals surface area contributed by atoms with Gasteiger partial charge in [0.25, 0.3) is 10.0 Å². The van der Waals surface area contributed by atoms with Gasteiger partial charge in [-0.25, -0.2) is 16.8 Å². The number of sulfone groups is 1. The number of hydrogen-bond acceptors (Lipinski definition) is 7. The van der Waals surface area contributed by atoms with Crippen molar-refractivity contribution in [2.75, 3.05) is 16.2 Å². The van der Waals surface area contributed by atoms with Crippen LogP contribution < -0.4 is 4.72 Å². The Morgan fingerprint density at radius 1 is 1.30 bits per heavy atom. The Kier molecular flexibility index (Phi) is 5.24. The first kappa shape index (κ1) is 19.7. The van der Waals surface area contributed by atoms with E-state index in [1.165, 1.54) is 4.68 Å². The molecule has 0 amide bonds. The van der Waals surface area contributed by atoms with Gasteiger partial charge in [-0.1, -0.05) is 0 Å². The summed E-state index contributed by atoms with van der Waals surface area (Å²) in [6.07, 6.45) is 0.426. The fraction of sp³-hybridized carbons (Fsp3) is 0.375. The summed E-state index contributed by atoms with van der Waals surface area (Å²) in [5.74, 6) is 0.0588. The van der Waals surface area contributed by atoms with Crippen molar-refractivity contribution < 1.29 is 16.8 Å². The summed E-state index contributed by atoms with van der Waals surface area (Å²) >= 11 is 0.986. The number of aryl methyl sites for hydroxylation is 1. The van der Waals surface area contributed by atoms with Gasteiger partial charge in [0.1, 0.15) is 10.3 Å². The molecule has 1 fully saturated rings. The molecular weight excluding hydrogens is 408 g/mol. The van der Waals surface area contributed by atoms with Crippen molar-refractivity contribution in [3.8, 4) is 5.40 Å². The average molecular weight is 427 g/mol. The first-order valence-corrected chi connectivity index (χ1v) is 12.2. The fourth-order valence-corrected chi connectivity index (χ4v) is 6.74. The molecule has 0 radical (unpaired) electrons. The van der Waals surface area contributed by atoms with Crippen LogP contribution in [0, 0.1) is 24.5 Å². The Morgan fingerprint density at radius 2 is 1.96 bits per heavy atom. The molecule has 1 saturated heterocycles. The molecule has 144 valence electrons. The molecule has 0 spiro atoms. The SMILES string of the molecule is Cc1nn(C2CCS(=O)(=O)C2)c(C)c1S(=O)(=O)Nc1ccc(SC#N)cc1. The molecule has 27 heavy (non-hydrogen) atoms. The third-order valence-corrected chi connectivity index (χ3v) is 8.33. The number of anilines is 1. The minimum atomic E-state index is -3.89. The number of hydrogen-bond donors (Lipinski definition) is 1. The Bertz CT molecular complexity index is 1110. The molecular formula is C16H18N4O4S3. The van der Waals surface area contributed by atoms with Gasteiger partial charge in [-0.2, -0.15) is 10.4 Å². The van der Waals surface area contributed by atoms with Crippen molar-refractivity contribution in [3.63, 3.8) is 0 Å². The molecule has 2 aromatic rings.